The summed E-state index contributed by atoms with van der Waals surface area (Å²) in [5, 5.41) is 12.4. The number of carbonyl (C=O) groups excluding carboxylic acids is 3. The molecule has 0 radical (unpaired) electrons. The summed E-state index contributed by atoms with van der Waals surface area (Å²) < 4.78 is 16.3. The monoisotopic (exact) mass is 793 g/mol. The molecule has 1 saturated heterocycles. The molecule has 0 aromatic carbocycles. The summed E-state index contributed by atoms with van der Waals surface area (Å²) in [4.78, 5) is 39.2. The SMILES string of the molecule is C.C.C.C.CC=CC=CC.CCCCCCCCC(CCCCCCCC)OC(=O)CCCC(=O)OCC(CO)COC(=O)NCCN1CCCCCC1.O.[HH]. The second-order valence-electron chi connectivity index (χ2n) is 13.6. The van der Waals surface area contributed by atoms with E-state index in [4.69, 9.17) is 14.2 Å². The first-order chi connectivity index (χ1) is 24.4. The summed E-state index contributed by atoms with van der Waals surface area (Å²) in [6, 6.07) is 0. The standard InChI is InChI=1S/C35H66N2O7.C6H10.4CH4.H2O.H2/c1-3-5-7-9-11-15-20-32(21-16-12-10-8-6-4-2)44-34(40)23-19-22-33(39)42-29-31(28-38)30-43-35(41)36-24-27-37-25-17-13-14-18-26-37;1-3-5-6-4-2;;;;;;/h31-32,38H,3-30H2,1-2H3,(H,36,41);3-6H,1-2H3;4*1H4;1H2;1H. The first kappa shape index (κ1) is 64.5. The van der Waals surface area contributed by atoms with Crippen LogP contribution in [0.15, 0.2) is 24.3 Å². The quantitative estimate of drug-likeness (QED) is 0.0344. The van der Waals surface area contributed by atoms with E-state index in [1.807, 2.05) is 38.2 Å². The fourth-order valence-electron chi connectivity index (χ4n) is 5.77. The number of nitrogens with one attached hydrogen (secondary N) is 1. The Labute approximate surface area is 342 Å². The third kappa shape index (κ3) is 44.2. The number of amides is 1. The first-order valence-corrected chi connectivity index (χ1v) is 20.2. The van der Waals surface area contributed by atoms with Gasteiger partial charge >= 0.3 is 18.0 Å². The number of nitrogens with zero attached hydrogens (tertiary/aromatic N) is 1. The van der Waals surface area contributed by atoms with Gasteiger partial charge in [-0.1, -0.05) is 145 Å². The molecule has 1 atom stereocenters. The molecule has 0 aromatic heterocycles. The van der Waals surface area contributed by atoms with Crippen molar-refractivity contribution >= 4 is 18.0 Å². The van der Waals surface area contributed by atoms with Crippen LogP contribution in [0.25, 0.3) is 0 Å². The number of hydrogen-bond donors (Lipinski definition) is 2. The maximum Gasteiger partial charge on any atom is 0.407 e. The predicted octanol–water partition coefficient (Wildman–Crippen LogP) is 11.4. The van der Waals surface area contributed by atoms with E-state index in [9.17, 15) is 19.5 Å². The van der Waals surface area contributed by atoms with Gasteiger partial charge < -0.3 is 35.0 Å². The van der Waals surface area contributed by atoms with Gasteiger partial charge in [0.25, 0.3) is 0 Å². The van der Waals surface area contributed by atoms with Gasteiger partial charge in [-0.05, 0) is 71.9 Å². The zero-order valence-electron chi connectivity index (χ0n) is 33.1. The molecule has 10 heteroatoms. The van der Waals surface area contributed by atoms with Crippen molar-refractivity contribution in [2.75, 3.05) is 46.0 Å². The van der Waals surface area contributed by atoms with E-state index in [2.05, 4.69) is 24.1 Å². The highest BCUT2D eigenvalue weighted by Gasteiger charge is 2.17. The van der Waals surface area contributed by atoms with Crippen LogP contribution in [0, 0.1) is 5.92 Å². The fraction of sp³-hybridized carbons (Fsp3) is 0.844. The molecule has 0 spiro atoms. The number of hydrogen-bond acceptors (Lipinski definition) is 8. The minimum absolute atomic E-state index is 0. The van der Waals surface area contributed by atoms with Crippen LogP contribution in [0.2, 0.25) is 0 Å². The van der Waals surface area contributed by atoms with Gasteiger partial charge in [0, 0.05) is 27.4 Å². The van der Waals surface area contributed by atoms with Crippen molar-refractivity contribution in [2.45, 2.75) is 198 Å². The predicted molar refractivity (Wildman–Crippen MR) is 238 cm³/mol. The van der Waals surface area contributed by atoms with E-state index in [-0.39, 0.29) is 81.3 Å². The lowest BCUT2D eigenvalue weighted by Crippen LogP contribution is -2.36. The Morgan fingerprint density at radius 1 is 0.691 bits per heavy atom. The number of ether oxygens (including phenoxy) is 3. The van der Waals surface area contributed by atoms with Crippen LogP contribution in [0.5, 0.6) is 0 Å². The summed E-state index contributed by atoms with van der Waals surface area (Å²) in [6.45, 7) is 11.5. The second kappa shape index (κ2) is 49.6. The Hall–Kier alpha value is -2.43. The average Bonchev–Trinajstić information content (AvgIpc) is 3.39. The third-order valence-corrected chi connectivity index (χ3v) is 8.90. The zero-order chi connectivity index (χ0) is 36.9. The first-order valence-electron chi connectivity index (χ1n) is 20.2. The van der Waals surface area contributed by atoms with Gasteiger partial charge in [0.05, 0.1) is 19.1 Å². The largest absolute Gasteiger partial charge is 0.465 e. The third-order valence-electron chi connectivity index (χ3n) is 8.90. The second-order valence-corrected chi connectivity index (χ2v) is 13.6. The van der Waals surface area contributed by atoms with Crippen molar-refractivity contribution in [1.29, 1.82) is 0 Å². The fourth-order valence-corrected chi connectivity index (χ4v) is 5.77. The van der Waals surface area contributed by atoms with Crippen LogP contribution in [-0.2, 0) is 23.8 Å². The van der Waals surface area contributed by atoms with E-state index >= 15 is 0 Å². The molecule has 1 rings (SSSR count). The van der Waals surface area contributed by atoms with Crippen molar-refractivity contribution in [2.24, 2.45) is 5.92 Å². The smallest absolute Gasteiger partial charge is 0.407 e. The number of aliphatic hydroxyl groups is 1. The lowest BCUT2D eigenvalue weighted by molar-refractivity contribution is -0.150. The van der Waals surface area contributed by atoms with Gasteiger partial charge in [-0.2, -0.15) is 0 Å². The molecule has 1 fully saturated rings. The number of unbranched alkanes of at least 4 members (excludes halogenated alkanes) is 10. The number of allylic oxidation sites excluding steroid dienone is 4. The van der Waals surface area contributed by atoms with Crippen LogP contribution < -0.4 is 5.32 Å². The molecule has 334 valence electrons. The van der Waals surface area contributed by atoms with Gasteiger partial charge in [-0.3, -0.25) is 9.59 Å². The normalized spacial score (nSPS) is 13.0. The summed E-state index contributed by atoms with van der Waals surface area (Å²) in [7, 11) is 0. The summed E-state index contributed by atoms with van der Waals surface area (Å²) >= 11 is 0. The zero-order valence-corrected chi connectivity index (χ0v) is 33.1. The highest BCUT2D eigenvalue weighted by molar-refractivity contribution is 5.72. The van der Waals surface area contributed by atoms with Crippen LogP contribution in [0.3, 0.4) is 0 Å². The molecule has 1 amide bonds. The lowest BCUT2D eigenvalue weighted by atomic mass is 10.0. The highest BCUT2D eigenvalue weighted by atomic mass is 16.6. The van der Waals surface area contributed by atoms with Crippen molar-refractivity contribution in [3.05, 3.63) is 24.3 Å². The van der Waals surface area contributed by atoms with Crippen molar-refractivity contribution in [3.63, 3.8) is 0 Å². The molecule has 0 bridgehead atoms. The maximum absolute atomic E-state index is 12.6. The van der Waals surface area contributed by atoms with E-state index in [0.717, 1.165) is 45.3 Å². The minimum atomic E-state index is -0.533. The van der Waals surface area contributed by atoms with Gasteiger partial charge in [-0.15, -0.1) is 0 Å². The van der Waals surface area contributed by atoms with Gasteiger partial charge in [0.2, 0.25) is 0 Å². The molecule has 4 N–H and O–H groups in total. The Morgan fingerprint density at radius 2 is 1.16 bits per heavy atom. The Balaban J connectivity index is -0.000000369. The number of aliphatic hydroxyl groups excluding tert-OH is 1. The molecule has 1 aliphatic heterocycles. The lowest BCUT2D eigenvalue weighted by Gasteiger charge is -2.20. The molecule has 0 aromatic rings. The molecule has 0 saturated carbocycles. The Bertz CT molecular complexity index is 841. The molecular formula is C45H96N2O8. The number of rotatable bonds is 28. The maximum atomic E-state index is 12.6. The van der Waals surface area contributed by atoms with Crippen molar-refractivity contribution < 1.29 is 40.6 Å². The topological polar surface area (TPSA) is 146 Å². The van der Waals surface area contributed by atoms with Gasteiger partial charge in [0.1, 0.15) is 12.7 Å². The molecular weight excluding hydrogens is 697 g/mol. The number of carbonyl (C=O) groups is 3. The van der Waals surface area contributed by atoms with E-state index in [0.29, 0.717) is 13.0 Å². The van der Waals surface area contributed by atoms with Crippen molar-refractivity contribution in [1.82, 2.24) is 10.2 Å². The Kier molecular flexibility index (Phi) is 58.1. The molecule has 1 aliphatic rings. The minimum Gasteiger partial charge on any atom is -0.465 e. The van der Waals surface area contributed by atoms with Crippen LogP contribution in [0.1, 0.15) is 194 Å². The number of esters is 2. The summed E-state index contributed by atoms with van der Waals surface area (Å²) in [5.41, 5.74) is 0. The van der Waals surface area contributed by atoms with Crippen LogP contribution in [0.4, 0.5) is 4.79 Å². The molecule has 0 aliphatic carbocycles. The van der Waals surface area contributed by atoms with Crippen LogP contribution in [-0.4, -0.2) is 85.6 Å². The van der Waals surface area contributed by atoms with E-state index in [1.54, 1.807) is 0 Å². The average molecular weight is 793 g/mol. The van der Waals surface area contributed by atoms with Crippen LogP contribution >= 0.6 is 0 Å². The molecule has 1 heterocycles. The molecule has 10 nitrogen and oxygen atoms in total. The highest BCUT2D eigenvalue weighted by Crippen LogP contribution is 2.18. The number of likely N-dealkylation sites (tertiary alicyclic amines) is 1. The van der Waals surface area contributed by atoms with Gasteiger partial charge in [-0.25, -0.2) is 4.79 Å². The van der Waals surface area contributed by atoms with E-state index in [1.165, 1.54) is 89.9 Å². The van der Waals surface area contributed by atoms with Crippen molar-refractivity contribution in [3.8, 4) is 0 Å². The van der Waals surface area contributed by atoms with Gasteiger partial charge in [0.15, 0.2) is 0 Å². The summed E-state index contributed by atoms with van der Waals surface area (Å²) in [6.07, 6.45) is 29.4. The Morgan fingerprint density at radius 3 is 1.65 bits per heavy atom. The molecule has 1 unspecified atom stereocenters. The summed E-state index contributed by atoms with van der Waals surface area (Å²) in [5.74, 6) is -1.18. The number of alkyl carbamates (subject to hydrolysis) is 1. The van der Waals surface area contributed by atoms with E-state index < -0.39 is 18.0 Å². The molecule has 55 heavy (non-hydrogen) atoms.